The molecule has 0 spiro atoms. The van der Waals surface area contributed by atoms with Gasteiger partial charge in [0, 0.05) is 19.0 Å². The van der Waals surface area contributed by atoms with Crippen LogP contribution in [0, 0.1) is 5.82 Å². The Bertz CT molecular complexity index is 1150. The van der Waals surface area contributed by atoms with Crippen molar-refractivity contribution < 1.29 is 13.9 Å². The smallest absolute Gasteiger partial charge is 0.257 e. The van der Waals surface area contributed by atoms with Crippen LogP contribution >= 0.6 is 0 Å². The number of ether oxygens (including phenoxy) is 1. The highest BCUT2D eigenvalue weighted by atomic mass is 19.1. The molecule has 0 unspecified atom stereocenters. The predicted octanol–water partition coefficient (Wildman–Crippen LogP) is 6.70. The molecule has 0 bridgehead atoms. The molecule has 0 saturated carbocycles. The third-order valence-electron chi connectivity index (χ3n) is 6.02. The van der Waals surface area contributed by atoms with E-state index >= 15 is 0 Å². The van der Waals surface area contributed by atoms with Crippen LogP contribution in [0.3, 0.4) is 0 Å². The lowest BCUT2D eigenvalue weighted by Crippen LogP contribution is -2.33. The molecule has 4 aromatic carbocycles. The standard InChI is InChI=1S/C30H28FNO2/c1-34-26-18-16-23(17-19-26)22-32(30(33)28-14-8-9-15-29(28)31)21-20-27(24-10-4-2-5-11-24)25-12-6-3-7-13-25/h2-19,27H,20-22H2,1H3. The minimum absolute atomic E-state index is 0.0898. The zero-order chi connectivity index (χ0) is 23.8. The summed E-state index contributed by atoms with van der Waals surface area (Å²) < 4.78 is 19.8. The Balaban J connectivity index is 1.62. The van der Waals surface area contributed by atoms with Gasteiger partial charge in [0.2, 0.25) is 0 Å². The number of amides is 1. The van der Waals surface area contributed by atoms with Crippen molar-refractivity contribution in [2.75, 3.05) is 13.7 Å². The van der Waals surface area contributed by atoms with E-state index < -0.39 is 5.82 Å². The maximum atomic E-state index is 14.5. The Kier molecular flexibility index (Phi) is 7.71. The molecule has 3 nitrogen and oxygen atoms in total. The van der Waals surface area contributed by atoms with Crippen molar-refractivity contribution in [2.24, 2.45) is 0 Å². The molecule has 0 aliphatic rings. The summed E-state index contributed by atoms with van der Waals surface area (Å²) in [5.74, 6) is 0.0572. The molecule has 34 heavy (non-hydrogen) atoms. The number of carbonyl (C=O) groups is 1. The Labute approximate surface area is 200 Å². The van der Waals surface area contributed by atoms with Crippen LogP contribution < -0.4 is 4.74 Å². The van der Waals surface area contributed by atoms with Gasteiger partial charge in [0.15, 0.2) is 0 Å². The van der Waals surface area contributed by atoms with Gasteiger partial charge >= 0.3 is 0 Å². The molecule has 0 aromatic heterocycles. The van der Waals surface area contributed by atoms with Crippen molar-refractivity contribution in [3.05, 3.63) is 137 Å². The molecule has 0 fully saturated rings. The van der Waals surface area contributed by atoms with Gasteiger partial charge in [-0.25, -0.2) is 4.39 Å². The molecular formula is C30H28FNO2. The predicted molar refractivity (Wildman–Crippen MR) is 133 cm³/mol. The summed E-state index contributed by atoms with van der Waals surface area (Å²) >= 11 is 0. The summed E-state index contributed by atoms with van der Waals surface area (Å²) in [7, 11) is 1.62. The zero-order valence-electron chi connectivity index (χ0n) is 19.2. The summed E-state index contributed by atoms with van der Waals surface area (Å²) in [5.41, 5.74) is 3.43. The monoisotopic (exact) mass is 453 g/mol. The molecule has 0 atom stereocenters. The van der Waals surface area contributed by atoms with E-state index in [9.17, 15) is 9.18 Å². The number of methoxy groups -OCH3 is 1. The number of hydrogen-bond acceptors (Lipinski definition) is 2. The second kappa shape index (κ2) is 11.3. The Hall–Kier alpha value is -3.92. The Morgan fingerprint density at radius 1 is 0.794 bits per heavy atom. The number of nitrogens with zero attached hydrogens (tertiary/aromatic N) is 1. The molecule has 0 radical (unpaired) electrons. The summed E-state index contributed by atoms with van der Waals surface area (Å²) in [5, 5.41) is 0. The van der Waals surface area contributed by atoms with E-state index in [0.717, 1.165) is 11.3 Å². The van der Waals surface area contributed by atoms with Crippen LogP contribution in [-0.4, -0.2) is 24.5 Å². The fourth-order valence-corrected chi connectivity index (χ4v) is 4.19. The van der Waals surface area contributed by atoms with E-state index in [4.69, 9.17) is 4.74 Å². The first kappa shape index (κ1) is 23.2. The second-order valence-electron chi connectivity index (χ2n) is 8.22. The highest BCUT2D eigenvalue weighted by Crippen LogP contribution is 2.29. The van der Waals surface area contributed by atoms with Gasteiger partial charge in [-0.05, 0) is 47.4 Å². The quantitative estimate of drug-likeness (QED) is 0.282. The lowest BCUT2D eigenvalue weighted by molar-refractivity contribution is 0.0734. The van der Waals surface area contributed by atoms with Gasteiger partial charge in [0.05, 0.1) is 12.7 Å². The minimum Gasteiger partial charge on any atom is -0.497 e. The largest absolute Gasteiger partial charge is 0.497 e. The van der Waals surface area contributed by atoms with Crippen LogP contribution in [0.1, 0.15) is 39.4 Å². The molecule has 0 aliphatic heterocycles. The first-order valence-electron chi connectivity index (χ1n) is 11.4. The zero-order valence-corrected chi connectivity index (χ0v) is 19.2. The topological polar surface area (TPSA) is 29.5 Å². The Morgan fingerprint density at radius 3 is 1.91 bits per heavy atom. The first-order chi connectivity index (χ1) is 16.7. The van der Waals surface area contributed by atoms with Crippen molar-refractivity contribution in [1.29, 1.82) is 0 Å². The SMILES string of the molecule is COc1ccc(CN(CCC(c2ccccc2)c2ccccc2)C(=O)c2ccccc2F)cc1. The lowest BCUT2D eigenvalue weighted by Gasteiger charge is -2.26. The van der Waals surface area contributed by atoms with Gasteiger partial charge in [-0.2, -0.15) is 0 Å². The van der Waals surface area contributed by atoms with Crippen molar-refractivity contribution in [1.82, 2.24) is 4.90 Å². The van der Waals surface area contributed by atoms with Crippen LogP contribution in [-0.2, 0) is 6.54 Å². The molecular weight excluding hydrogens is 425 g/mol. The van der Waals surface area contributed by atoms with E-state index in [-0.39, 0.29) is 17.4 Å². The third kappa shape index (κ3) is 5.70. The van der Waals surface area contributed by atoms with E-state index in [0.29, 0.717) is 19.5 Å². The molecule has 1 amide bonds. The molecule has 0 saturated heterocycles. The van der Waals surface area contributed by atoms with Crippen molar-refractivity contribution in [3.8, 4) is 5.75 Å². The maximum Gasteiger partial charge on any atom is 0.257 e. The number of benzene rings is 4. The van der Waals surface area contributed by atoms with Crippen LogP contribution in [0.4, 0.5) is 4.39 Å². The summed E-state index contributed by atoms with van der Waals surface area (Å²) in [6.07, 6.45) is 0.713. The number of halogens is 1. The third-order valence-corrected chi connectivity index (χ3v) is 6.02. The highest BCUT2D eigenvalue weighted by molar-refractivity contribution is 5.94. The molecule has 0 aliphatic carbocycles. The normalized spacial score (nSPS) is 10.8. The summed E-state index contributed by atoms with van der Waals surface area (Å²) in [6, 6.07) is 34.4. The Morgan fingerprint density at radius 2 is 1.35 bits per heavy atom. The van der Waals surface area contributed by atoms with Gasteiger partial charge < -0.3 is 9.64 Å². The molecule has 0 heterocycles. The van der Waals surface area contributed by atoms with Crippen molar-refractivity contribution in [3.63, 3.8) is 0 Å². The fraction of sp³-hybridized carbons (Fsp3) is 0.167. The molecule has 172 valence electrons. The van der Waals surface area contributed by atoms with E-state index in [1.807, 2.05) is 60.7 Å². The molecule has 4 rings (SSSR count). The second-order valence-corrected chi connectivity index (χ2v) is 8.22. The fourth-order valence-electron chi connectivity index (χ4n) is 4.19. The van der Waals surface area contributed by atoms with Gasteiger partial charge in [-0.3, -0.25) is 4.79 Å². The summed E-state index contributed by atoms with van der Waals surface area (Å²) in [6.45, 7) is 0.862. The van der Waals surface area contributed by atoms with Crippen molar-refractivity contribution in [2.45, 2.75) is 18.9 Å². The number of rotatable bonds is 9. The maximum absolute atomic E-state index is 14.5. The van der Waals surface area contributed by atoms with Crippen LogP contribution in [0.2, 0.25) is 0 Å². The average Bonchev–Trinajstić information content (AvgIpc) is 2.89. The molecule has 4 heteroatoms. The van der Waals surface area contributed by atoms with E-state index in [2.05, 4.69) is 24.3 Å². The first-order valence-corrected chi connectivity index (χ1v) is 11.4. The van der Waals surface area contributed by atoms with Gasteiger partial charge in [0.1, 0.15) is 11.6 Å². The van der Waals surface area contributed by atoms with Crippen LogP contribution in [0.5, 0.6) is 5.75 Å². The van der Waals surface area contributed by atoms with Gasteiger partial charge in [0.25, 0.3) is 5.91 Å². The summed E-state index contributed by atoms with van der Waals surface area (Å²) in [4.78, 5) is 15.2. The van der Waals surface area contributed by atoms with E-state index in [1.54, 1.807) is 30.2 Å². The molecule has 0 N–H and O–H groups in total. The minimum atomic E-state index is -0.505. The van der Waals surface area contributed by atoms with E-state index in [1.165, 1.54) is 17.2 Å². The lowest BCUT2D eigenvalue weighted by atomic mass is 9.88. The average molecular weight is 454 g/mol. The van der Waals surface area contributed by atoms with Crippen molar-refractivity contribution >= 4 is 5.91 Å². The van der Waals surface area contributed by atoms with Crippen LogP contribution in [0.15, 0.2) is 109 Å². The van der Waals surface area contributed by atoms with Crippen LogP contribution in [0.25, 0.3) is 0 Å². The van der Waals surface area contributed by atoms with Gasteiger partial charge in [-0.1, -0.05) is 84.9 Å². The highest BCUT2D eigenvalue weighted by Gasteiger charge is 2.22. The number of hydrogen-bond donors (Lipinski definition) is 0. The van der Waals surface area contributed by atoms with Gasteiger partial charge in [-0.15, -0.1) is 0 Å². The number of carbonyl (C=O) groups excluding carboxylic acids is 1. The molecule has 4 aromatic rings.